The van der Waals surface area contributed by atoms with Gasteiger partial charge in [-0.25, -0.2) is 0 Å². The van der Waals surface area contributed by atoms with Gasteiger partial charge >= 0.3 is 0 Å². The van der Waals surface area contributed by atoms with Crippen molar-refractivity contribution in [3.05, 3.63) is 23.8 Å². The van der Waals surface area contributed by atoms with Crippen LogP contribution in [-0.4, -0.2) is 48.7 Å². The zero-order valence-corrected chi connectivity index (χ0v) is 13.2. The lowest BCUT2D eigenvalue weighted by atomic mass is 10.1. The van der Waals surface area contributed by atoms with E-state index in [1.54, 1.807) is 0 Å². The van der Waals surface area contributed by atoms with Gasteiger partial charge in [-0.1, -0.05) is 13.0 Å². The third-order valence-electron chi connectivity index (χ3n) is 4.36. The highest BCUT2D eigenvalue weighted by molar-refractivity contribution is 5.78. The summed E-state index contributed by atoms with van der Waals surface area (Å²) in [5, 5.41) is 0. The Morgan fingerprint density at radius 2 is 1.95 bits per heavy atom. The number of amides is 1. The number of benzene rings is 1. The van der Waals surface area contributed by atoms with E-state index in [0.717, 1.165) is 56.1 Å². The van der Waals surface area contributed by atoms with Crippen LogP contribution in [0.2, 0.25) is 0 Å². The van der Waals surface area contributed by atoms with Crippen molar-refractivity contribution in [1.82, 2.24) is 9.80 Å². The fourth-order valence-electron chi connectivity index (χ4n) is 3.01. The van der Waals surface area contributed by atoms with Gasteiger partial charge in [0.15, 0.2) is 11.5 Å². The Bertz CT molecular complexity index is 527. The van der Waals surface area contributed by atoms with E-state index in [4.69, 9.17) is 9.47 Å². The van der Waals surface area contributed by atoms with Gasteiger partial charge in [0.2, 0.25) is 12.7 Å². The summed E-state index contributed by atoms with van der Waals surface area (Å²) in [7, 11) is 0. The monoisotopic (exact) mass is 304 g/mol. The van der Waals surface area contributed by atoms with Gasteiger partial charge in [-0.2, -0.15) is 0 Å². The normalized spacial score (nSPS) is 17.1. The van der Waals surface area contributed by atoms with E-state index in [9.17, 15) is 4.79 Å². The molecule has 1 aromatic rings. The van der Waals surface area contributed by atoms with Crippen LogP contribution >= 0.6 is 0 Å². The molecule has 0 N–H and O–H groups in total. The molecule has 0 aliphatic carbocycles. The molecule has 0 spiro atoms. The molecule has 0 atom stereocenters. The average molecular weight is 304 g/mol. The highest BCUT2D eigenvalue weighted by atomic mass is 16.7. The number of likely N-dealkylation sites (tertiary alicyclic amines) is 1. The summed E-state index contributed by atoms with van der Waals surface area (Å²) >= 11 is 0. The fourth-order valence-corrected chi connectivity index (χ4v) is 3.01. The number of likely N-dealkylation sites (N-methyl/N-ethyl adjacent to an activating group) is 1. The third kappa shape index (κ3) is 3.53. The molecule has 3 rings (SSSR count). The molecular weight excluding hydrogens is 280 g/mol. The maximum Gasteiger partial charge on any atom is 0.236 e. The summed E-state index contributed by atoms with van der Waals surface area (Å²) in [6.07, 6.45) is 3.53. The Kier molecular flexibility index (Phi) is 4.83. The molecule has 1 amide bonds. The Hall–Kier alpha value is -1.75. The van der Waals surface area contributed by atoms with E-state index in [1.165, 1.54) is 6.42 Å². The molecule has 5 nitrogen and oxygen atoms in total. The lowest BCUT2D eigenvalue weighted by Crippen LogP contribution is -2.42. The van der Waals surface area contributed by atoms with Crippen molar-refractivity contribution >= 4 is 5.91 Å². The number of carbonyl (C=O) groups excluding carboxylic acids is 1. The Labute approximate surface area is 131 Å². The molecule has 2 aliphatic rings. The van der Waals surface area contributed by atoms with Crippen LogP contribution in [0.25, 0.3) is 0 Å². The topological polar surface area (TPSA) is 42.0 Å². The van der Waals surface area contributed by atoms with Crippen molar-refractivity contribution < 1.29 is 14.3 Å². The number of carbonyl (C=O) groups is 1. The number of piperidine rings is 1. The summed E-state index contributed by atoms with van der Waals surface area (Å²) in [6.45, 7) is 6.33. The molecular formula is C17H24N2O3. The minimum Gasteiger partial charge on any atom is -0.454 e. The first-order valence-electron chi connectivity index (χ1n) is 8.15. The maximum atomic E-state index is 12.4. The summed E-state index contributed by atoms with van der Waals surface area (Å²) in [5.74, 6) is 1.86. The average Bonchev–Trinajstić information content (AvgIpc) is 3.02. The number of rotatable bonds is 5. The molecule has 1 saturated heterocycles. The minimum atomic E-state index is 0.252. The zero-order valence-electron chi connectivity index (χ0n) is 13.2. The van der Waals surface area contributed by atoms with Crippen molar-refractivity contribution in [2.75, 3.05) is 33.0 Å². The summed E-state index contributed by atoms with van der Waals surface area (Å²) < 4.78 is 10.7. The van der Waals surface area contributed by atoms with E-state index in [1.807, 2.05) is 23.1 Å². The molecule has 0 radical (unpaired) electrons. The SMILES string of the molecule is CCN(CC(=O)N1CCCCC1)Cc1ccc2c(c1)OCO2. The van der Waals surface area contributed by atoms with Crippen LogP contribution in [0.15, 0.2) is 18.2 Å². The van der Waals surface area contributed by atoms with Crippen molar-refractivity contribution in [2.45, 2.75) is 32.7 Å². The molecule has 0 unspecified atom stereocenters. The smallest absolute Gasteiger partial charge is 0.236 e. The minimum absolute atomic E-state index is 0.252. The first-order chi connectivity index (χ1) is 10.8. The van der Waals surface area contributed by atoms with Crippen LogP contribution < -0.4 is 9.47 Å². The highest BCUT2D eigenvalue weighted by Crippen LogP contribution is 2.32. The second-order valence-corrected chi connectivity index (χ2v) is 5.93. The number of ether oxygens (including phenoxy) is 2. The van der Waals surface area contributed by atoms with E-state index in [0.29, 0.717) is 13.3 Å². The van der Waals surface area contributed by atoms with Crippen molar-refractivity contribution in [2.24, 2.45) is 0 Å². The number of hydrogen-bond donors (Lipinski definition) is 0. The molecule has 2 aliphatic heterocycles. The third-order valence-corrected chi connectivity index (χ3v) is 4.36. The van der Waals surface area contributed by atoms with Gasteiger partial charge in [0.05, 0.1) is 6.54 Å². The van der Waals surface area contributed by atoms with Gasteiger partial charge in [-0.05, 0) is 43.5 Å². The van der Waals surface area contributed by atoms with Crippen LogP contribution in [0.4, 0.5) is 0 Å². The van der Waals surface area contributed by atoms with Crippen molar-refractivity contribution in [3.63, 3.8) is 0 Å². The van der Waals surface area contributed by atoms with Gasteiger partial charge in [-0.3, -0.25) is 9.69 Å². The van der Waals surface area contributed by atoms with Crippen LogP contribution in [-0.2, 0) is 11.3 Å². The Balaban J connectivity index is 1.58. The lowest BCUT2D eigenvalue weighted by molar-refractivity contribution is -0.133. The largest absolute Gasteiger partial charge is 0.454 e. The molecule has 22 heavy (non-hydrogen) atoms. The summed E-state index contributed by atoms with van der Waals surface area (Å²) in [6, 6.07) is 6.00. The molecule has 1 fully saturated rings. The van der Waals surface area contributed by atoms with Gasteiger partial charge in [0, 0.05) is 19.6 Å². The standard InChI is InChI=1S/C17H24N2O3/c1-2-18(12-17(20)19-8-4-3-5-9-19)11-14-6-7-15-16(10-14)22-13-21-15/h6-7,10H,2-5,8-9,11-13H2,1H3. The number of hydrogen-bond acceptors (Lipinski definition) is 4. The van der Waals surface area contributed by atoms with Crippen molar-refractivity contribution in [3.8, 4) is 11.5 Å². The molecule has 0 bridgehead atoms. The van der Waals surface area contributed by atoms with Crippen LogP contribution in [0.5, 0.6) is 11.5 Å². The zero-order chi connectivity index (χ0) is 15.4. The fraction of sp³-hybridized carbons (Fsp3) is 0.588. The Morgan fingerprint density at radius 1 is 1.18 bits per heavy atom. The molecule has 0 aromatic heterocycles. The second-order valence-electron chi connectivity index (χ2n) is 5.93. The molecule has 0 saturated carbocycles. The number of nitrogens with zero attached hydrogens (tertiary/aromatic N) is 2. The van der Waals surface area contributed by atoms with Gasteiger partial charge in [0.1, 0.15) is 0 Å². The van der Waals surface area contributed by atoms with Crippen LogP contribution in [0, 0.1) is 0 Å². The first-order valence-corrected chi connectivity index (χ1v) is 8.15. The lowest BCUT2D eigenvalue weighted by Gasteiger charge is -2.29. The first kappa shape index (κ1) is 15.2. The van der Waals surface area contributed by atoms with E-state index in [2.05, 4.69) is 11.8 Å². The van der Waals surface area contributed by atoms with Gasteiger partial charge in [0.25, 0.3) is 0 Å². The van der Waals surface area contributed by atoms with E-state index < -0.39 is 0 Å². The maximum absolute atomic E-state index is 12.4. The van der Waals surface area contributed by atoms with Gasteiger partial charge < -0.3 is 14.4 Å². The molecule has 1 aromatic carbocycles. The van der Waals surface area contributed by atoms with E-state index in [-0.39, 0.29) is 5.91 Å². The van der Waals surface area contributed by atoms with E-state index >= 15 is 0 Å². The molecule has 120 valence electrons. The highest BCUT2D eigenvalue weighted by Gasteiger charge is 2.19. The van der Waals surface area contributed by atoms with Gasteiger partial charge in [-0.15, -0.1) is 0 Å². The molecule has 5 heteroatoms. The summed E-state index contributed by atoms with van der Waals surface area (Å²) in [4.78, 5) is 16.6. The molecule has 2 heterocycles. The van der Waals surface area contributed by atoms with Crippen molar-refractivity contribution in [1.29, 1.82) is 0 Å². The quantitative estimate of drug-likeness (QED) is 0.837. The predicted octanol–water partition coefficient (Wildman–Crippen LogP) is 2.25. The number of fused-ring (bicyclic) bond motifs is 1. The second kappa shape index (κ2) is 7.01. The Morgan fingerprint density at radius 3 is 2.73 bits per heavy atom. The summed E-state index contributed by atoms with van der Waals surface area (Å²) in [5.41, 5.74) is 1.15. The van der Waals surface area contributed by atoms with Crippen LogP contribution in [0.3, 0.4) is 0 Å². The predicted molar refractivity (Wildman–Crippen MR) is 83.9 cm³/mol. The van der Waals surface area contributed by atoms with Crippen LogP contribution in [0.1, 0.15) is 31.7 Å².